The number of hydrogen-bond donors (Lipinski definition) is 5. The third-order valence-electron chi connectivity index (χ3n) is 4.01. The number of nitrogens with two attached hydrogens (primary N) is 1. The molecule has 1 rings (SSSR count). The molecule has 1 heterocycles. The van der Waals surface area contributed by atoms with Crippen LogP contribution in [0.25, 0.3) is 0 Å². The molecule has 0 radical (unpaired) electrons. The molecule has 1 saturated heterocycles. The minimum Gasteiger partial charge on any atom is -0.480 e. The van der Waals surface area contributed by atoms with Crippen molar-refractivity contribution in [2.75, 3.05) is 13.1 Å². The molecule has 6 nitrogen and oxygen atoms in total. The number of hydrogen-bond acceptors (Lipinski definition) is 5. The molecule has 2 unspecified atom stereocenters. The first-order valence-corrected chi connectivity index (χ1v) is 7.06. The molecule has 1 aliphatic heterocycles. The van der Waals surface area contributed by atoms with Gasteiger partial charge < -0.3 is 26.2 Å². The predicted octanol–water partition coefficient (Wildman–Crippen LogP) is -0.199. The van der Waals surface area contributed by atoms with Crippen LogP contribution in [0.1, 0.15) is 38.5 Å². The molecule has 0 aliphatic carbocycles. The summed E-state index contributed by atoms with van der Waals surface area (Å²) < 4.78 is 0. The molecule has 0 aromatic carbocycles. The molecular formula is C12H25BN2O4. The van der Waals surface area contributed by atoms with Crippen LogP contribution in [0.3, 0.4) is 0 Å². The minimum absolute atomic E-state index is 0.0148. The van der Waals surface area contributed by atoms with Crippen LogP contribution in [0.15, 0.2) is 0 Å². The molecular weight excluding hydrogens is 247 g/mol. The van der Waals surface area contributed by atoms with Crippen molar-refractivity contribution in [1.29, 1.82) is 0 Å². The summed E-state index contributed by atoms with van der Waals surface area (Å²) in [6, 6.07) is 0. The number of aliphatic carboxylic acids is 1. The fourth-order valence-corrected chi connectivity index (χ4v) is 2.76. The van der Waals surface area contributed by atoms with E-state index < -0.39 is 18.6 Å². The SMILES string of the molecule is NC(CCCCB(O)O)(C(=O)O)C1CCCNCC1. The third kappa shape index (κ3) is 5.10. The monoisotopic (exact) mass is 272 g/mol. The van der Waals surface area contributed by atoms with E-state index in [1.165, 1.54) is 0 Å². The zero-order valence-electron chi connectivity index (χ0n) is 11.3. The number of carbonyl (C=O) groups is 1. The molecule has 0 aromatic heterocycles. The number of unbranched alkanes of at least 4 members (excludes halogenated alkanes) is 1. The molecule has 1 aliphatic rings. The van der Waals surface area contributed by atoms with Crippen LogP contribution in [0, 0.1) is 5.92 Å². The molecule has 19 heavy (non-hydrogen) atoms. The predicted molar refractivity (Wildman–Crippen MR) is 73.6 cm³/mol. The van der Waals surface area contributed by atoms with E-state index in [2.05, 4.69) is 5.32 Å². The lowest BCUT2D eigenvalue weighted by atomic mass is 9.75. The smallest absolute Gasteiger partial charge is 0.451 e. The summed E-state index contributed by atoms with van der Waals surface area (Å²) in [6.45, 7) is 1.73. The van der Waals surface area contributed by atoms with Crippen LogP contribution in [-0.4, -0.2) is 46.9 Å². The van der Waals surface area contributed by atoms with Crippen LogP contribution in [0.2, 0.25) is 6.32 Å². The van der Waals surface area contributed by atoms with Crippen molar-refractivity contribution in [2.45, 2.75) is 50.4 Å². The van der Waals surface area contributed by atoms with Gasteiger partial charge in [0.25, 0.3) is 0 Å². The molecule has 0 bridgehead atoms. The van der Waals surface area contributed by atoms with Gasteiger partial charge in [-0.25, -0.2) is 0 Å². The summed E-state index contributed by atoms with van der Waals surface area (Å²) in [5.74, 6) is -0.956. The lowest BCUT2D eigenvalue weighted by Crippen LogP contribution is -2.54. The highest BCUT2D eigenvalue weighted by Gasteiger charge is 2.41. The minimum atomic E-state index is -1.32. The van der Waals surface area contributed by atoms with Crippen molar-refractivity contribution >= 4 is 13.1 Å². The second-order valence-electron chi connectivity index (χ2n) is 5.45. The third-order valence-corrected chi connectivity index (χ3v) is 4.01. The van der Waals surface area contributed by atoms with E-state index in [4.69, 9.17) is 15.8 Å². The Balaban J connectivity index is 2.54. The van der Waals surface area contributed by atoms with E-state index in [9.17, 15) is 9.90 Å². The normalized spacial score (nSPS) is 23.4. The summed E-state index contributed by atoms with van der Waals surface area (Å²) in [7, 11) is -1.32. The van der Waals surface area contributed by atoms with Gasteiger partial charge in [0, 0.05) is 0 Å². The summed E-state index contributed by atoms with van der Waals surface area (Å²) in [5.41, 5.74) is 4.96. The van der Waals surface area contributed by atoms with Crippen molar-refractivity contribution in [2.24, 2.45) is 11.7 Å². The van der Waals surface area contributed by atoms with Crippen molar-refractivity contribution in [3.63, 3.8) is 0 Å². The van der Waals surface area contributed by atoms with Crippen LogP contribution in [0.5, 0.6) is 0 Å². The van der Waals surface area contributed by atoms with Crippen LogP contribution >= 0.6 is 0 Å². The Hall–Kier alpha value is -0.625. The van der Waals surface area contributed by atoms with Gasteiger partial charge in [0.15, 0.2) is 0 Å². The zero-order chi connectivity index (χ0) is 14.3. The Morgan fingerprint density at radius 3 is 2.68 bits per heavy atom. The Bertz CT molecular complexity index is 283. The fraction of sp³-hybridized carbons (Fsp3) is 0.917. The topological polar surface area (TPSA) is 116 Å². The lowest BCUT2D eigenvalue weighted by molar-refractivity contribution is -0.146. The van der Waals surface area contributed by atoms with Crippen molar-refractivity contribution < 1.29 is 19.9 Å². The molecule has 7 heteroatoms. The van der Waals surface area contributed by atoms with Gasteiger partial charge in [-0.15, -0.1) is 0 Å². The fourth-order valence-electron chi connectivity index (χ4n) is 2.76. The first-order chi connectivity index (χ1) is 8.97. The van der Waals surface area contributed by atoms with Crippen molar-refractivity contribution in [3.8, 4) is 0 Å². The highest BCUT2D eigenvalue weighted by molar-refractivity contribution is 6.40. The summed E-state index contributed by atoms with van der Waals surface area (Å²) >= 11 is 0. The van der Waals surface area contributed by atoms with Gasteiger partial charge in [0.05, 0.1) is 0 Å². The average Bonchev–Trinajstić information content (AvgIpc) is 2.63. The summed E-state index contributed by atoms with van der Waals surface area (Å²) in [5, 5.41) is 30.2. The van der Waals surface area contributed by atoms with Gasteiger partial charge in [-0.3, -0.25) is 4.79 Å². The van der Waals surface area contributed by atoms with Crippen molar-refractivity contribution in [1.82, 2.24) is 5.32 Å². The van der Waals surface area contributed by atoms with Crippen LogP contribution in [-0.2, 0) is 4.79 Å². The zero-order valence-corrected chi connectivity index (χ0v) is 11.3. The van der Waals surface area contributed by atoms with Gasteiger partial charge in [0.1, 0.15) is 5.54 Å². The summed E-state index contributed by atoms with van der Waals surface area (Å²) in [4.78, 5) is 11.5. The maximum Gasteiger partial charge on any atom is 0.451 e. The first-order valence-electron chi connectivity index (χ1n) is 7.06. The molecule has 0 spiro atoms. The molecule has 6 N–H and O–H groups in total. The molecule has 110 valence electrons. The second kappa shape index (κ2) is 7.84. The molecule has 1 fully saturated rings. The number of rotatable bonds is 7. The molecule has 0 saturated carbocycles. The highest BCUT2D eigenvalue weighted by atomic mass is 16.4. The lowest BCUT2D eigenvalue weighted by Gasteiger charge is -2.33. The molecule has 0 aromatic rings. The van der Waals surface area contributed by atoms with Gasteiger partial charge in [-0.1, -0.05) is 12.8 Å². The standard InChI is InChI=1S/C12H25BN2O4/c14-12(11(16)17,6-1-2-7-13(18)19)10-4-3-8-15-9-5-10/h10,15,18-19H,1-9,14H2,(H,16,17). The van der Waals surface area contributed by atoms with Gasteiger partial charge >= 0.3 is 13.1 Å². The van der Waals surface area contributed by atoms with Crippen molar-refractivity contribution in [3.05, 3.63) is 0 Å². The second-order valence-corrected chi connectivity index (χ2v) is 5.45. The van der Waals surface area contributed by atoms with E-state index in [1.807, 2.05) is 0 Å². The van der Waals surface area contributed by atoms with Crippen LogP contribution < -0.4 is 11.1 Å². The molecule has 0 amide bonds. The first kappa shape index (κ1) is 16.4. The largest absolute Gasteiger partial charge is 0.480 e. The number of carboxylic acid groups (broad SMARTS) is 1. The van der Waals surface area contributed by atoms with E-state index in [0.29, 0.717) is 19.3 Å². The number of nitrogens with one attached hydrogen (secondary N) is 1. The Labute approximate surface area is 114 Å². The Morgan fingerprint density at radius 1 is 1.32 bits per heavy atom. The maximum atomic E-state index is 11.5. The van der Waals surface area contributed by atoms with E-state index in [0.717, 1.165) is 32.4 Å². The number of carboxylic acids is 1. The van der Waals surface area contributed by atoms with E-state index in [-0.39, 0.29) is 12.2 Å². The van der Waals surface area contributed by atoms with E-state index in [1.54, 1.807) is 0 Å². The van der Waals surface area contributed by atoms with E-state index >= 15 is 0 Å². The van der Waals surface area contributed by atoms with Crippen LogP contribution in [0.4, 0.5) is 0 Å². The van der Waals surface area contributed by atoms with Gasteiger partial charge in [0.2, 0.25) is 0 Å². The Kier molecular flexibility index (Phi) is 6.78. The van der Waals surface area contributed by atoms with Gasteiger partial charge in [-0.2, -0.15) is 0 Å². The van der Waals surface area contributed by atoms with Gasteiger partial charge in [-0.05, 0) is 51.0 Å². The summed E-state index contributed by atoms with van der Waals surface area (Å²) in [6.07, 6.45) is 4.40. The quantitative estimate of drug-likeness (QED) is 0.324. The highest BCUT2D eigenvalue weighted by Crippen LogP contribution is 2.30. The Morgan fingerprint density at radius 2 is 2.05 bits per heavy atom. The maximum absolute atomic E-state index is 11.5. The molecule has 2 atom stereocenters. The average molecular weight is 272 g/mol.